The third-order valence-corrected chi connectivity index (χ3v) is 2.82. The lowest BCUT2D eigenvalue weighted by atomic mass is 10.1. The van der Waals surface area contributed by atoms with Crippen molar-refractivity contribution in [2.24, 2.45) is 0 Å². The lowest BCUT2D eigenvalue weighted by Gasteiger charge is -2.11. The molecule has 3 nitrogen and oxygen atoms in total. The van der Waals surface area contributed by atoms with E-state index in [2.05, 4.69) is 14.9 Å². The summed E-state index contributed by atoms with van der Waals surface area (Å²) in [6, 6.07) is 0.464. The molecular formula is C8H13N3S. The average Bonchev–Trinajstić information content (AvgIpc) is 2.48. The van der Waals surface area contributed by atoms with Crippen molar-refractivity contribution in [1.82, 2.24) is 14.9 Å². The Kier molecular flexibility index (Phi) is 2.68. The molecular weight excluding hydrogens is 170 g/mol. The predicted molar refractivity (Wildman–Crippen MR) is 49.1 cm³/mol. The van der Waals surface area contributed by atoms with Gasteiger partial charge in [0.2, 0.25) is 0 Å². The van der Waals surface area contributed by atoms with Crippen molar-refractivity contribution in [1.29, 1.82) is 0 Å². The molecule has 0 aromatic carbocycles. The minimum atomic E-state index is 0.464. The molecule has 1 aromatic heterocycles. The standard InChI is InChI=1S/C8H13N3S/c1-2-4-7(9-5-3-1)8-6-12-11-10-8/h6-7,9H,1-5H2. The van der Waals surface area contributed by atoms with Gasteiger partial charge in [0.1, 0.15) is 0 Å². The third-order valence-electron chi connectivity index (χ3n) is 2.29. The molecule has 1 atom stereocenters. The second-order valence-electron chi connectivity index (χ2n) is 3.19. The number of rotatable bonds is 1. The number of nitrogens with one attached hydrogen (secondary N) is 1. The van der Waals surface area contributed by atoms with Crippen LogP contribution in [0.25, 0.3) is 0 Å². The summed E-state index contributed by atoms with van der Waals surface area (Å²) in [6.07, 6.45) is 5.18. The lowest BCUT2D eigenvalue weighted by Crippen LogP contribution is -2.20. The van der Waals surface area contributed by atoms with E-state index < -0.39 is 0 Å². The first kappa shape index (κ1) is 8.13. The fourth-order valence-corrected chi connectivity index (χ4v) is 2.11. The zero-order valence-electron chi connectivity index (χ0n) is 6.99. The van der Waals surface area contributed by atoms with Crippen LogP contribution < -0.4 is 5.32 Å². The van der Waals surface area contributed by atoms with Gasteiger partial charge in [-0.25, -0.2) is 0 Å². The number of nitrogens with zero attached hydrogens (tertiary/aromatic N) is 2. The molecule has 1 unspecified atom stereocenters. The molecule has 12 heavy (non-hydrogen) atoms. The molecule has 1 N–H and O–H groups in total. The molecule has 66 valence electrons. The first-order valence-corrected chi connectivity index (χ1v) is 5.31. The minimum Gasteiger partial charge on any atom is -0.309 e. The Morgan fingerprint density at radius 1 is 1.42 bits per heavy atom. The quantitative estimate of drug-likeness (QED) is 0.720. The number of aromatic nitrogens is 2. The van der Waals surface area contributed by atoms with Gasteiger partial charge in [0.25, 0.3) is 0 Å². The van der Waals surface area contributed by atoms with Gasteiger partial charge in [0.15, 0.2) is 0 Å². The van der Waals surface area contributed by atoms with E-state index >= 15 is 0 Å². The summed E-state index contributed by atoms with van der Waals surface area (Å²) in [5.41, 5.74) is 1.13. The molecule has 0 bridgehead atoms. The number of hydrogen-bond acceptors (Lipinski definition) is 4. The van der Waals surface area contributed by atoms with Gasteiger partial charge in [0, 0.05) is 5.38 Å². The highest BCUT2D eigenvalue weighted by Gasteiger charge is 2.15. The summed E-state index contributed by atoms with van der Waals surface area (Å²) in [5.74, 6) is 0. The molecule has 0 aliphatic carbocycles. The predicted octanol–water partition coefficient (Wildman–Crippen LogP) is 1.74. The molecule has 1 aliphatic rings. The zero-order chi connectivity index (χ0) is 8.23. The van der Waals surface area contributed by atoms with Crippen LogP contribution in [0.5, 0.6) is 0 Å². The van der Waals surface area contributed by atoms with Crippen LogP contribution in [0, 0.1) is 0 Å². The fraction of sp³-hybridized carbons (Fsp3) is 0.750. The molecule has 2 heterocycles. The van der Waals surface area contributed by atoms with Crippen LogP contribution in [-0.2, 0) is 0 Å². The van der Waals surface area contributed by atoms with E-state index in [-0.39, 0.29) is 0 Å². The van der Waals surface area contributed by atoms with Crippen LogP contribution in [-0.4, -0.2) is 16.1 Å². The van der Waals surface area contributed by atoms with Gasteiger partial charge >= 0.3 is 0 Å². The monoisotopic (exact) mass is 183 g/mol. The summed E-state index contributed by atoms with van der Waals surface area (Å²) in [6.45, 7) is 1.13. The largest absolute Gasteiger partial charge is 0.309 e. The highest BCUT2D eigenvalue weighted by molar-refractivity contribution is 7.03. The van der Waals surface area contributed by atoms with Gasteiger partial charge in [-0.3, -0.25) is 0 Å². The maximum absolute atomic E-state index is 4.09. The first-order valence-electron chi connectivity index (χ1n) is 4.47. The zero-order valence-corrected chi connectivity index (χ0v) is 7.81. The SMILES string of the molecule is c1snnc1C1CCCCCN1. The van der Waals surface area contributed by atoms with Crippen LogP contribution in [0.1, 0.15) is 37.4 Å². The average molecular weight is 183 g/mol. The van der Waals surface area contributed by atoms with Crippen molar-refractivity contribution in [3.8, 4) is 0 Å². The van der Waals surface area contributed by atoms with E-state index in [4.69, 9.17) is 0 Å². The molecule has 4 heteroatoms. The summed E-state index contributed by atoms with van der Waals surface area (Å²) >= 11 is 1.44. The summed E-state index contributed by atoms with van der Waals surface area (Å²) in [4.78, 5) is 0. The molecule has 0 saturated carbocycles. The highest BCUT2D eigenvalue weighted by atomic mass is 32.1. The van der Waals surface area contributed by atoms with E-state index in [1.165, 1.54) is 37.2 Å². The van der Waals surface area contributed by atoms with Gasteiger partial charge in [-0.05, 0) is 30.9 Å². The van der Waals surface area contributed by atoms with Gasteiger partial charge in [0.05, 0.1) is 11.7 Å². The van der Waals surface area contributed by atoms with Gasteiger partial charge in [-0.2, -0.15) is 0 Å². The van der Waals surface area contributed by atoms with Crippen LogP contribution in [0.3, 0.4) is 0 Å². The molecule has 0 radical (unpaired) electrons. The van der Waals surface area contributed by atoms with Crippen molar-refractivity contribution in [3.05, 3.63) is 11.1 Å². The molecule has 1 aliphatic heterocycles. The van der Waals surface area contributed by atoms with Crippen molar-refractivity contribution >= 4 is 11.5 Å². The van der Waals surface area contributed by atoms with E-state index in [0.29, 0.717) is 6.04 Å². The third kappa shape index (κ3) is 1.81. The Bertz CT molecular complexity index is 214. The van der Waals surface area contributed by atoms with Gasteiger partial charge in [-0.1, -0.05) is 17.3 Å². The van der Waals surface area contributed by atoms with Crippen LogP contribution >= 0.6 is 11.5 Å². The number of hydrogen-bond donors (Lipinski definition) is 1. The van der Waals surface area contributed by atoms with E-state index in [1.54, 1.807) is 0 Å². The second kappa shape index (κ2) is 3.96. The summed E-state index contributed by atoms with van der Waals surface area (Å²) in [5, 5.41) is 9.62. The Morgan fingerprint density at radius 2 is 2.42 bits per heavy atom. The van der Waals surface area contributed by atoms with Gasteiger partial charge < -0.3 is 5.32 Å². The lowest BCUT2D eigenvalue weighted by molar-refractivity contribution is 0.521. The molecule has 0 spiro atoms. The fourth-order valence-electron chi connectivity index (χ4n) is 1.60. The maximum atomic E-state index is 4.09. The topological polar surface area (TPSA) is 37.8 Å². The maximum Gasteiger partial charge on any atom is 0.0924 e. The van der Waals surface area contributed by atoms with Crippen molar-refractivity contribution in [3.63, 3.8) is 0 Å². The van der Waals surface area contributed by atoms with Gasteiger partial charge in [-0.15, -0.1) is 5.10 Å². The van der Waals surface area contributed by atoms with E-state index in [0.717, 1.165) is 12.2 Å². The van der Waals surface area contributed by atoms with E-state index in [1.807, 2.05) is 5.38 Å². The molecule has 1 saturated heterocycles. The second-order valence-corrected chi connectivity index (χ2v) is 3.80. The molecule has 0 amide bonds. The van der Waals surface area contributed by atoms with E-state index in [9.17, 15) is 0 Å². The normalized spacial score (nSPS) is 25.2. The van der Waals surface area contributed by atoms with Crippen molar-refractivity contribution in [2.75, 3.05) is 6.54 Å². The molecule has 1 aromatic rings. The van der Waals surface area contributed by atoms with Crippen molar-refractivity contribution in [2.45, 2.75) is 31.7 Å². The Balaban J connectivity index is 2.02. The Morgan fingerprint density at radius 3 is 3.25 bits per heavy atom. The van der Waals surface area contributed by atoms with Crippen molar-refractivity contribution < 1.29 is 0 Å². The summed E-state index contributed by atoms with van der Waals surface area (Å²) in [7, 11) is 0. The Labute approximate surface area is 76.4 Å². The van der Waals surface area contributed by atoms with Crippen LogP contribution in [0.4, 0.5) is 0 Å². The highest BCUT2D eigenvalue weighted by Crippen LogP contribution is 2.21. The smallest absolute Gasteiger partial charge is 0.0924 e. The summed E-state index contributed by atoms with van der Waals surface area (Å²) < 4.78 is 3.88. The molecule has 2 rings (SSSR count). The Hall–Kier alpha value is -0.480. The van der Waals surface area contributed by atoms with Crippen LogP contribution in [0.2, 0.25) is 0 Å². The minimum absolute atomic E-state index is 0.464. The van der Waals surface area contributed by atoms with Crippen LogP contribution in [0.15, 0.2) is 5.38 Å². The molecule has 1 fully saturated rings. The first-order chi connectivity index (χ1) is 5.97.